The maximum absolute atomic E-state index is 12.4. The SMILES string of the molecule is COc1ccc(OC)c(C=C2C=C(c3cccc4ccccc34)OC2=O)c1. The van der Waals surface area contributed by atoms with Crippen molar-refractivity contribution in [2.45, 2.75) is 0 Å². The molecule has 0 aliphatic carbocycles. The third kappa shape index (κ3) is 3.17. The zero-order valence-electron chi connectivity index (χ0n) is 15.1. The molecule has 1 aliphatic heterocycles. The second-order valence-corrected chi connectivity index (χ2v) is 6.13. The van der Waals surface area contributed by atoms with Crippen LogP contribution in [0.3, 0.4) is 0 Å². The van der Waals surface area contributed by atoms with Crippen LogP contribution in [0.25, 0.3) is 22.6 Å². The average molecular weight is 358 g/mol. The average Bonchev–Trinajstić information content (AvgIpc) is 3.07. The van der Waals surface area contributed by atoms with Gasteiger partial charge >= 0.3 is 5.97 Å². The van der Waals surface area contributed by atoms with Crippen molar-refractivity contribution in [1.29, 1.82) is 0 Å². The normalized spacial score (nSPS) is 15.0. The molecule has 134 valence electrons. The molecule has 1 heterocycles. The van der Waals surface area contributed by atoms with Gasteiger partial charge < -0.3 is 14.2 Å². The number of carbonyl (C=O) groups is 1. The van der Waals surface area contributed by atoms with Crippen LogP contribution in [-0.4, -0.2) is 20.2 Å². The van der Waals surface area contributed by atoms with E-state index in [4.69, 9.17) is 14.2 Å². The molecule has 4 rings (SSSR count). The Bertz CT molecular complexity index is 1090. The molecule has 3 aromatic carbocycles. The first-order chi connectivity index (χ1) is 13.2. The molecular weight excluding hydrogens is 340 g/mol. The Morgan fingerprint density at radius 2 is 1.74 bits per heavy atom. The van der Waals surface area contributed by atoms with Gasteiger partial charge in [-0.2, -0.15) is 0 Å². The highest BCUT2D eigenvalue weighted by Gasteiger charge is 2.23. The topological polar surface area (TPSA) is 44.8 Å². The summed E-state index contributed by atoms with van der Waals surface area (Å²) in [6, 6.07) is 19.4. The number of cyclic esters (lactones) is 1. The van der Waals surface area contributed by atoms with Crippen molar-refractivity contribution >= 4 is 28.6 Å². The molecule has 0 aromatic heterocycles. The number of benzene rings is 3. The Hall–Kier alpha value is -3.53. The van der Waals surface area contributed by atoms with E-state index in [0.717, 1.165) is 21.9 Å². The van der Waals surface area contributed by atoms with E-state index >= 15 is 0 Å². The fourth-order valence-electron chi connectivity index (χ4n) is 3.18. The van der Waals surface area contributed by atoms with Crippen molar-refractivity contribution in [3.63, 3.8) is 0 Å². The van der Waals surface area contributed by atoms with E-state index in [1.165, 1.54) is 0 Å². The van der Waals surface area contributed by atoms with Gasteiger partial charge in [-0.25, -0.2) is 4.79 Å². The van der Waals surface area contributed by atoms with Crippen LogP contribution >= 0.6 is 0 Å². The minimum absolute atomic E-state index is 0.386. The summed E-state index contributed by atoms with van der Waals surface area (Å²) in [5.74, 6) is 1.50. The molecule has 0 unspecified atom stereocenters. The molecule has 0 spiro atoms. The highest BCUT2D eigenvalue weighted by Crippen LogP contribution is 2.33. The predicted molar refractivity (Wildman–Crippen MR) is 106 cm³/mol. The number of carbonyl (C=O) groups excluding carboxylic acids is 1. The van der Waals surface area contributed by atoms with E-state index in [1.54, 1.807) is 32.4 Å². The Kier molecular flexibility index (Phi) is 4.38. The van der Waals surface area contributed by atoms with Gasteiger partial charge in [0.1, 0.15) is 17.3 Å². The fraction of sp³-hybridized carbons (Fsp3) is 0.0870. The van der Waals surface area contributed by atoms with Crippen LogP contribution in [0.4, 0.5) is 0 Å². The van der Waals surface area contributed by atoms with Crippen LogP contribution in [-0.2, 0) is 9.53 Å². The minimum Gasteiger partial charge on any atom is -0.497 e. The number of hydrogen-bond acceptors (Lipinski definition) is 4. The van der Waals surface area contributed by atoms with E-state index in [-0.39, 0.29) is 5.97 Å². The van der Waals surface area contributed by atoms with Crippen LogP contribution in [0.5, 0.6) is 11.5 Å². The van der Waals surface area contributed by atoms with Crippen LogP contribution in [0, 0.1) is 0 Å². The summed E-state index contributed by atoms with van der Waals surface area (Å²) >= 11 is 0. The lowest BCUT2D eigenvalue weighted by Gasteiger charge is -2.07. The van der Waals surface area contributed by atoms with Crippen molar-refractivity contribution < 1.29 is 19.0 Å². The number of methoxy groups -OCH3 is 2. The van der Waals surface area contributed by atoms with Crippen molar-refractivity contribution in [1.82, 2.24) is 0 Å². The van der Waals surface area contributed by atoms with Gasteiger partial charge in [0.25, 0.3) is 0 Å². The van der Waals surface area contributed by atoms with Crippen LogP contribution in [0.1, 0.15) is 11.1 Å². The van der Waals surface area contributed by atoms with Crippen molar-refractivity contribution in [3.05, 3.63) is 83.4 Å². The third-order valence-electron chi connectivity index (χ3n) is 4.53. The summed E-state index contributed by atoms with van der Waals surface area (Å²) in [4.78, 5) is 12.4. The molecule has 0 N–H and O–H groups in total. The fourth-order valence-corrected chi connectivity index (χ4v) is 3.18. The van der Waals surface area contributed by atoms with Crippen molar-refractivity contribution in [2.75, 3.05) is 14.2 Å². The molecular formula is C23H18O4. The minimum atomic E-state index is -0.386. The Labute approximate surface area is 157 Å². The monoisotopic (exact) mass is 358 g/mol. The smallest absolute Gasteiger partial charge is 0.343 e. The van der Waals surface area contributed by atoms with E-state index in [9.17, 15) is 4.79 Å². The number of fused-ring (bicyclic) bond motifs is 1. The largest absolute Gasteiger partial charge is 0.497 e. The number of esters is 1. The Morgan fingerprint density at radius 1 is 0.926 bits per heavy atom. The molecule has 0 atom stereocenters. The molecule has 0 fully saturated rings. The van der Waals surface area contributed by atoms with Gasteiger partial charge in [0.15, 0.2) is 0 Å². The quantitative estimate of drug-likeness (QED) is 0.495. The molecule has 0 saturated carbocycles. The summed E-state index contributed by atoms with van der Waals surface area (Å²) in [6.45, 7) is 0. The van der Waals surface area contributed by atoms with Gasteiger partial charge in [-0.15, -0.1) is 0 Å². The lowest BCUT2D eigenvalue weighted by Crippen LogP contribution is -1.98. The summed E-state index contributed by atoms with van der Waals surface area (Å²) in [7, 11) is 3.19. The van der Waals surface area contributed by atoms with Gasteiger partial charge in [-0.05, 0) is 41.1 Å². The molecule has 4 nitrogen and oxygen atoms in total. The molecule has 0 bridgehead atoms. The van der Waals surface area contributed by atoms with Crippen LogP contribution < -0.4 is 9.47 Å². The second-order valence-electron chi connectivity index (χ2n) is 6.13. The Morgan fingerprint density at radius 3 is 2.56 bits per heavy atom. The maximum atomic E-state index is 12.4. The molecule has 27 heavy (non-hydrogen) atoms. The highest BCUT2D eigenvalue weighted by molar-refractivity contribution is 6.07. The standard InChI is InChI=1S/C23H18O4/c1-25-18-10-11-21(26-2)16(13-18)12-17-14-22(27-23(17)24)20-9-5-7-15-6-3-4-8-19(15)20/h3-14H,1-2H3. The number of ether oxygens (including phenoxy) is 3. The summed E-state index contributed by atoms with van der Waals surface area (Å²) in [5.41, 5.74) is 2.10. The maximum Gasteiger partial charge on any atom is 0.343 e. The van der Waals surface area contributed by atoms with Crippen LogP contribution in [0.2, 0.25) is 0 Å². The van der Waals surface area contributed by atoms with Gasteiger partial charge in [-0.3, -0.25) is 0 Å². The first-order valence-corrected chi connectivity index (χ1v) is 8.55. The summed E-state index contributed by atoms with van der Waals surface area (Å²) < 4.78 is 16.2. The van der Waals surface area contributed by atoms with E-state index < -0.39 is 0 Å². The number of rotatable bonds is 4. The predicted octanol–water partition coefficient (Wildman–Crippen LogP) is 4.84. The first-order valence-electron chi connectivity index (χ1n) is 8.55. The van der Waals surface area contributed by atoms with Gasteiger partial charge in [0, 0.05) is 11.1 Å². The van der Waals surface area contributed by atoms with Gasteiger partial charge in [0.05, 0.1) is 19.8 Å². The van der Waals surface area contributed by atoms with Crippen LogP contribution in [0.15, 0.2) is 72.3 Å². The summed E-state index contributed by atoms with van der Waals surface area (Å²) in [5, 5.41) is 2.14. The molecule has 3 aromatic rings. The van der Waals surface area contributed by atoms with Crippen molar-refractivity contribution in [2.24, 2.45) is 0 Å². The lowest BCUT2D eigenvalue weighted by atomic mass is 10.0. The van der Waals surface area contributed by atoms with E-state index in [0.29, 0.717) is 22.8 Å². The molecule has 1 aliphatic rings. The second kappa shape index (κ2) is 7.00. The molecule has 4 heteroatoms. The molecule has 0 radical (unpaired) electrons. The highest BCUT2D eigenvalue weighted by atomic mass is 16.5. The van der Waals surface area contributed by atoms with Gasteiger partial charge in [-0.1, -0.05) is 42.5 Å². The first kappa shape index (κ1) is 16.9. The number of hydrogen-bond donors (Lipinski definition) is 0. The Balaban J connectivity index is 1.79. The molecule has 0 amide bonds. The lowest BCUT2D eigenvalue weighted by molar-refractivity contribution is -0.130. The van der Waals surface area contributed by atoms with Gasteiger partial charge in [0.2, 0.25) is 0 Å². The van der Waals surface area contributed by atoms with E-state index in [2.05, 4.69) is 0 Å². The summed E-state index contributed by atoms with van der Waals surface area (Å²) in [6.07, 6.45) is 3.52. The van der Waals surface area contributed by atoms with E-state index in [1.807, 2.05) is 54.6 Å². The van der Waals surface area contributed by atoms with Crippen molar-refractivity contribution in [3.8, 4) is 11.5 Å². The molecule has 0 saturated heterocycles. The third-order valence-corrected chi connectivity index (χ3v) is 4.53. The zero-order valence-corrected chi connectivity index (χ0v) is 15.1. The zero-order chi connectivity index (χ0) is 18.8.